The van der Waals surface area contributed by atoms with Gasteiger partial charge in [0.05, 0.1) is 22.7 Å². The first kappa shape index (κ1) is 27.1. The number of sulfonamides is 1. The number of amides is 2. The van der Waals surface area contributed by atoms with E-state index in [0.29, 0.717) is 50.5 Å². The number of carbonyl (C=O) groups is 2. The fourth-order valence-electron chi connectivity index (χ4n) is 4.50. The average Bonchev–Trinajstić information content (AvgIpc) is 3.71. The number of pyridine rings is 1. The van der Waals surface area contributed by atoms with E-state index in [-0.39, 0.29) is 42.1 Å². The van der Waals surface area contributed by atoms with Gasteiger partial charge in [-0.05, 0) is 56.0 Å². The smallest absolute Gasteiger partial charge is 0.350 e. The molecule has 1 aromatic heterocycles. The molecular weight excluding hydrogens is 509 g/mol. The normalized spacial score (nSPS) is 17.1. The minimum Gasteiger partial charge on any atom is -0.350 e. The van der Waals surface area contributed by atoms with Gasteiger partial charge in [0.2, 0.25) is 21.8 Å². The Balaban J connectivity index is 1.31. The number of rotatable bonds is 9. The zero-order chi connectivity index (χ0) is 26.6. The zero-order valence-electron chi connectivity index (χ0n) is 20.2. The number of alkyl halides is 3. The van der Waals surface area contributed by atoms with Gasteiger partial charge in [-0.3, -0.25) is 14.6 Å². The summed E-state index contributed by atoms with van der Waals surface area (Å²) >= 11 is 0. The van der Waals surface area contributed by atoms with Crippen molar-refractivity contribution in [2.75, 3.05) is 13.1 Å². The Morgan fingerprint density at radius 3 is 2.32 bits per heavy atom. The Kier molecular flexibility index (Phi) is 8.17. The van der Waals surface area contributed by atoms with Crippen LogP contribution in [0.2, 0.25) is 0 Å². The number of hydrogen-bond donors (Lipinski definition) is 1. The molecule has 1 N–H and O–H groups in total. The first-order valence-electron chi connectivity index (χ1n) is 12.2. The molecule has 0 radical (unpaired) electrons. The lowest BCUT2D eigenvalue weighted by molar-refractivity contribution is -0.137. The highest BCUT2D eigenvalue weighted by atomic mass is 32.2. The molecular formula is C25H29F3N4O4S. The molecule has 1 aliphatic heterocycles. The van der Waals surface area contributed by atoms with Crippen LogP contribution in [-0.4, -0.2) is 59.6 Å². The molecule has 12 heteroatoms. The van der Waals surface area contributed by atoms with Crippen LogP contribution in [0.4, 0.5) is 13.2 Å². The summed E-state index contributed by atoms with van der Waals surface area (Å²) in [6.07, 6.45) is -0.868. The van der Waals surface area contributed by atoms with Crippen molar-refractivity contribution in [3.05, 3.63) is 59.9 Å². The van der Waals surface area contributed by atoms with Crippen LogP contribution >= 0.6 is 0 Å². The van der Waals surface area contributed by atoms with Crippen LogP contribution in [0, 0.1) is 0 Å². The molecule has 0 spiro atoms. The van der Waals surface area contributed by atoms with Crippen molar-refractivity contribution < 1.29 is 31.2 Å². The predicted molar refractivity (Wildman–Crippen MR) is 128 cm³/mol. The number of carbonyl (C=O) groups excluding carboxylic acids is 2. The number of nitrogens with one attached hydrogen (secondary N) is 1. The summed E-state index contributed by atoms with van der Waals surface area (Å²) in [4.78, 5) is 30.1. The van der Waals surface area contributed by atoms with E-state index in [1.165, 1.54) is 10.4 Å². The van der Waals surface area contributed by atoms with E-state index in [1.54, 1.807) is 23.2 Å². The molecule has 1 aromatic carbocycles. The van der Waals surface area contributed by atoms with Gasteiger partial charge in [-0.15, -0.1) is 0 Å². The highest BCUT2D eigenvalue weighted by Crippen LogP contribution is 2.38. The largest absolute Gasteiger partial charge is 0.416 e. The number of hydrogen-bond acceptors (Lipinski definition) is 5. The minimum atomic E-state index is -4.64. The number of benzene rings is 1. The van der Waals surface area contributed by atoms with Crippen molar-refractivity contribution in [1.29, 1.82) is 0 Å². The highest BCUT2D eigenvalue weighted by Gasteiger charge is 2.44. The molecule has 1 saturated carbocycles. The molecule has 8 nitrogen and oxygen atoms in total. The van der Waals surface area contributed by atoms with E-state index in [9.17, 15) is 31.2 Å². The summed E-state index contributed by atoms with van der Waals surface area (Å²) in [5.74, 6) is -0.453. The van der Waals surface area contributed by atoms with Gasteiger partial charge >= 0.3 is 6.18 Å². The van der Waals surface area contributed by atoms with Crippen LogP contribution in [0.5, 0.6) is 0 Å². The van der Waals surface area contributed by atoms with Crippen molar-refractivity contribution in [3.8, 4) is 0 Å². The van der Waals surface area contributed by atoms with Crippen LogP contribution in [0.3, 0.4) is 0 Å². The van der Waals surface area contributed by atoms with Gasteiger partial charge in [-0.1, -0.05) is 12.1 Å². The van der Waals surface area contributed by atoms with Gasteiger partial charge in [0.25, 0.3) is 0 Å². The molecule has 2 aromatic rings. The van der Waals surface area contributed by atoms with E-state index in [0.717, 1.165) is 12.1 Å². The summed E-state index contributed by atoms with van der Waals surface area (Å²) in [6.45, 7) is 0.914. The molecule has 0 unspecified atom stereocenters. The maximum Gasteiger partial charge on any atom is 0.416 e. The topological polar surface area (TPSA) is 99.7 Å². The fraction of sp³-hybridized carbons (Fsp3) is 0.480. The van der Waals surface area contributed by atoms with Crippen LogP contribution in [0.25, 0.3) is 0 Å². The second kappa shape index (κ2) is 11.2. The Bertz CT molecular complexity index is 1210. The summed E-state index contributed by atoms with van der Waals surface area (Å²) in [7, 11) is -4.14. The van der Waals surface area contributed by atoms with Gasteiger partial charge in [-0.25, -0.2) is 8.42 Å². The van der Waals surface area contributed by atoms with Gasteiger partial charge in [0.1, 0.15) is 0 Å². The number of nitrogens with zero attached hydrogens (tertiary/aromatic N) is 3. The van der Waals surface area contributed by atoms with Crippen molar-refractivity contribution in [1.82, 2.24) is 19.5 Å². The second-order valence-corrected chi connectivity index (χ2v) is 11.1. The lowest BCUT2D eigenvalue weighted by Crippen LogP contribution is -2.49. The monoisotopic (exact) mass is 538 g/mol. The number of piperidine rings is 1. The summed E-state index contributed by atoms with van der Waals surface area (Å²) < 4.78 is 67.6. The predicted octanol–water partition coefficient (Wildman–Crippen LogP) is 3.34. The molecule has 37 heavy (non-hydrogen) atoms. The standard InChI is InChI=1S/C25H29F3N4O4S/c26-25(27,28)18-4-3-6-22(16-18)37(35,36)32(20-7-8-20)21-11-14-31(15-12-21)24(34)10-9-23(33)30-17-19-5-1-2-13-29-19/h1-6,13,16,20-21H,7-12,14-15,17H2,(H,30,33). The molecule has 200 valence electrons. The molecule has 4 rings (SSSR count). The van der Waals surface area contributed by atoms with E-state index < -0.39 is 27.8 Å². The van der Waals surface area contributed by atoms with Crippen molar-refractivity contribution in [3.63, 3.8) is 0 Å². The molecule has 1 aliphatic carbocycles. The Morgan fingerprint density at radius 1 is 1.00 bits per heavy atom. The Labute approximate surface area is 213 Å². The first-order valence-corrected chi connectivity index (χ1v) is 13.6. The fourth-order valence-corrected chi connectivity index (χ4v) is 6.48. The number of halogens is 3. The summed E-state index contributed by atoms with van der Waals surface area (Å²) in [5.41, 5.74) is -0.293. The van der Waals surface area contributed by atoms with E-state index in [4.69, 9.17) is 0 Å². The number of likely N-dealkylation sites (tertiary alicyclic amines) is 1. The van der Waals surface area contributed by atoms with E-state index in [2.05, 4.69) is 10.3 Å². The first-order chi connectivity index (χ1) is 17.6. The average molecular weight is 539 g/mol. The molecule has 0 bridgehead atoms. The van der Waals surface area contributed by atoms with Crippen molar-refractivity contribution >= 4 is 21.8 Å². The van der Waals surface area contributed by atoms with Crippen molar-refractivity contribution in [2.45, 2.75) is 68.2 Å². The SMILES string of the molecule is O=C(CCC(=O)N1CCC(N(C2CC2)S(=O)(=O)c2cccc(C(F)(F)F)c2)CC1)NCc1ccccn1. The maximum atomic E-state index is 13.4. The third kappa shape index (κ3) is 6.86. The second-order valence-electron chi connectivity index (χ2n) is 9.30. The van der Waals surface area contributed by atoms with Gasteiger partial charge < -0.3 is 10.2 Å². The molecule has 2 amide bonds. The zero-order valence-corrected chi connectivity index (χ0v) is 21.0. The van der Waals surface area contributed by atoms with E-state index >= 15 is 0 Å². The van der Waals surface area contributed by atoms with Gasteiger partial charge in [0, 0.05) is 44.2 Å². The highest BCUT2D eigenvalue weighted by molar-refractivity contribution is 7.89. The van der Waals surface area contributed by atoms with Crippen molar-refractivity contribution in [2.24, 2.45) is 0 Å². The van der Waals surface area contributed by atoms with E-state index in [1.807, 2.05) is 6.07 Å². The van der Waals surface area contributed by atoms with Gasteiger partial charge in [-0.2, -0.15) is 17.5 Å². The Hall–Kier alpha value is -2.99. The quantitative estimate of drug-likeness (QED) is 0.528. The van der Waals surface area contributed by atoms with Crippen LogP contribution < -0.4 is 5.32 Å². The third-order valence-corrected chi connectivity index (χ3v) is 8.58. The lowest BCUT2D eigenvalue weighted by Gasteiger charge is -2.38. The maximum absolute atomic E-state index is 13.4. The summed E-state index contributed by atoms with van der Waals surface area (Å²) in [6, 6.07) is 8.56. The minimum absolute atomic E-state index is 0.0315. The third-order valence-electron chi connectivity index (χ3n) is 6.58. The number of aromatic nitrogens is 1. The molecule has 2 fully saturated rings. The molecule has 2 aliphatic rings. The molecule has 1 saturated heterocycles. The Morgan fingerprint density at radius 2 is 1.70 bits per heavy atom. The van der Waals surface area contributed by atoms with Crippen LogP contribution in [0.1, 0.15) is 49.8 Å². The summed E-state index contributed by atoms with van der Waals surface area (Å²) in [5, 5.41) is 2.73. The lowest BCUT2D eigenvalue weighted by atomic mass is 10.0. The van der Waals surface area contributed by atoms with Crippen LogP contribution in [0.15, 0.2) is 53.6 Å². The van der Waals surface area contributed by atoms with Crippen LogP contribution in [-0.2, 0) is 32.3 Å². The molecule has 0 atom stereocenters. The molecule has 2 heterocycles. The van der Waals surface area contributed by atoms with Gasteiger partial charge in [0.15, 0.2) is 0 Å².